The third kappa shape index (κ3) is 3.04. The van der Waals surface area contributed by atoms with Crippen molar-refractivity contribution in [3.8, 4) is 0 Å². The fraction of sp³-hybridized carbons (Fsp3) is 0.538. The lowest BCUT2D eigenvalue weighted by atomic mass is 10.1. The van der Waals surface area contributed by atoms with Crippen LogP contribution in [0.3, 0.4) is 0 Å². The van der Waals surface area contributed by atoms with Crippen LogP contribution in [0.25, 0.3) is 0 Å². The van der Waals surface area contributed by atoms with E-state index in [2.05, 4.69) is 16.9 Å². The third-order valence-corrected chi connectivity index (χ3v) is 3.34. The Balaban J connectivity index is 1.94. The number of carbonyl (C=O) groups is 1. The Morgan fingerprint density at radius 3 is 2.94 bits per heavy atom. The summed E-state index contributed by atoms with van der Waals surface area (Å²) in [5, 5.41) is 0. The molecule has 18 heavy (non-hydrogen) atoms. The normalized spacial score (nSPS) is 20.1. The zero-order valence-corrected chi connectivity index (χ0v) is 10.8. The van der Waals surface area contributed by atoms with Crippen LogP contribution in [0.1, 0.15) is 16.8 Å². The van der Waals surface area contributed by atoms with E-state index in [4.69, 9.17) is 0 Å². The van der Waals surface area contributed by atoms with E-state index in [1.807, 2.05) is 0 Å². The number of rotatable bonds is 3. The van der Waals surface area contributed by atoms with Gasteiger partial charge in [0.25, 0.3) is 5.91 Å². The first-order valence-electron chi connectivity index (χ1n) is 6.12. The second kappa shape index (κ2) is 5.44. The summed E-state index contributed by atoms with van der Waals surface area (Å²) in [6.07, 6.45) is 2.41. The predicted molar refractivity (Wildman–Crippen MR) is 66.8 cm³/mol. The number of likely N-dealkylation sites (tertiary alicyclic amines) is 1. The molecular formula is C13H18FN3O. The van der Waals surface area contributed by atoms with Gasteiger partial charge in [-0.25, -0.2) is 4.98 Å². The average Bonchev–Trinajstić information content (AvgIpc) is 2.75. The molecule has 1 aromatic heterocycles. The quantitative estimate of drug-likeness (QED) is 0.758. The number of pyridine rings is 1. The van der Waals surface area contributed by atoms with Crippen LogP contribution in [0.15, 0.2) is 18.3 Å². The summed E-state index contributed by atoms with van der Waals surface area (Å²) in [5.74, 6) is -0.138. The van der Waals surface area contributed by atoms with Crippen LogP contribution in [-0.2, 0) is 0 Å². The van der Waals surface area contributed by atoms with E-state index < -0.39 is 5.95 Å². The number of aromatic nitrogens is 1. The van der Waals surface area contributed by atoms with Crippen molar-refractivity contribution in [2.45, 2.75) is 6.42 Å². The number of hydrogen-bond donors (Lipinski definition) is 0. The Hall–Kier alpha value is -1.49. The molecule has 2 rings (SSSR count). The number of amides is 1. The van der Waals surface area contributed by atoms with Gasteiger partial charge < -0.3 is 9.80 Å². The maximum atomic E-state index is 12.7. The van der Waals surface area contributed by atoms with Gasteiger partial charge in [-0.1, -0.05) is 0 Å². The van der Waals surface area contributed by atoms with Crippen molar-refractivity contribution in [1.82, 2.24) is 14.8 Å². The highest BCUT2D eigenvalue weighted by Crippen LogP contribution is 2.16. The minimum absolute atomic E-state index is 0.1000. The standard InChI is InChI=1S/C13H18FN3O/c1-16-6-5-10(8-16)9-17(2)13(18)11-3-4-12(14)15-7-11/h3-4,7,10H,5-6,8-9H2,1-2H3. The molecule has 1 saturated heterocycles. The van der Waals surface area contributed by atoms with Crippen molar-refractivity contribution < 1.29 is 9.18 Å². The summed E-state index contributed by atoms with van der Waals surface area (Å²) in [7, 11) is 3.87. The first-order valence-corrected chi connectivity index (χ1v) is 6.12. The summed E-state index contributed by atoms with van der Waals surface area (Å²) in [6.45, 7) is 2.85. The van der Waals surface area contributed by atoms with Crippen molar-refractivity contribution in [1.29, 1.82) is 0 Å². The van der Waals surface area contributed by atoms with Gasteiger partial charge in [0.05, 0.1) is 5.56 Å². The molecule has 0 aromatic carbocycles. The molecular weight excluding hydrogens is 233 g/mol. The Labute approximate surface area is 106 Å². The number of hydrogen-bond acceptors (Lipinski definition) is 3. The molecule has 0 saturated carbocycles. The summed E-state index contributed by atoms with van der Waals surface area (Å²) in [6, 6.07) is 2.69. The van der Waals surface area contributed by atoms with Crippen LogP contribution >= 0.6 is 0 Å². The molecule has 1 amide bonds. The maximum Gasteiger partial charge on any atom is 0.255 e. The van der Waals surface area contributed by atoms with E-state index in [1.54, 1.807) is 11.9 Å². The van der Waals surface area contributed by atoms with Crippen LogP contribution in [0.5, 0.6) is 0 Å². The van der Waals surface area contributed by atoms with Gasteiger partial charge in [-0.05, 0) is 38.1 Å². The molecule has 0 bridgehead atoms. The fourth-order valence-electron chi connectivity index (χ4n) is 2.37. The lowest BCUT2D eigenvalue weighted by molar-refractivity contribution is 0.0773. The molecule has 2 heterocycles. The third-order valence-electron chi connectivity index (χ3n) is 3.34. The summed E-state index contributed by atoms with van der Waals surface area (Å²) >= 11 is 0. The van der Waals surface area contributed by atoms with Crippen molar-refractivity contribution in [2.75, 3.05) is 33.7 Å². The molecule has 0 radical (unpaired) electrons. The Morgan fingerprint density at radius 2 is 2.39 bits per heavy atom. The largest absolute Gasteiger partial charge is 0.341 e. The zero-order valence-electron chi connectivity index (χ0n) is 10.8. The molecule has 0 aliphatic carbocycles. The second-order valence-electron chi connectivity index (χ2n) is 4.97. The van der Waals surface area contributed by atoms with E-state index in [1.165, 1.54) is 18.3 Å². The molecule has 5 heteroatoms. The van der Waals surface area contributed by atoms with Crippen molar-refractivity contribution in [3.05, 3.63) is 29.8 Å². The minimum Gasteiger partial charge on any atom is -0.341 e. The van der Waals surface area contributed by atoms with Gasteiger partial charge in [-0.2, -0.15) is 4.39 Å². The highest BCUT2D eigenvalue weighted by Gasteiger charge is 2.23. The molecule has 0 N–H and O–H groups in total. The van der Waals surface area contributed by atoms with E-state index in [9.17, 15) is 9.18 Å². The van der Waals surface area contributed by atoms with Gasteiger partial charge >= 0.3 is 0 Å². The zero-order chi connectivity index (χ0) is 13.1. The van der Waals surface area contributed by atoms with Crippen LogP contribution in [0, 0.1) is 11.9 Å². The molecule has 0 spiro atoms. The Morgan fingerprint density at radius 1 is 1.61 bits per heavy atom. The number of halogens is 1. The molecule has 1 atom stereocenters. The van der Waals surface area contributed by atoms with Crippen molar-refractivity contribution in [3.63, 3.8) is 0 Å². The topological polar surface area (TPSA) is 36.4 Å². The van der Waals surface area contributed by atoms with E-state index >= 15 is 0 Å². The first kappa shape index (κ1) is 13.0. The monoisotopic (exact) mass is 251 g/mol. The van der Waals surface area contributed by atoms with Gasteiger partial charge in [-0.3, -0.25) is 4.79 Å². The predicted octanol–water partition coefficient (Wildman–Crippen LogP) is 1.24. The van der Waals surface area contributed by atoms with Crippen LogP contribution in [0.2, 0.25) is 0 Å². The van der Waals surface area contributed by atoms with Crippen LogP contribution in [-0.4, -0.2) is 54.4 Å². The fourth-order valence-corrected chi connectivity index (χ4v) is 2.37. The summed E-state index contributed by atoms with van der Waals surface area (Å²) in [5.41, 5.74) is 0.435. The highest BCUT2D eigenvalue weighted by atomic mass is 19.1. The maximum absolute atomic E-state index is 12.7. The van der Waals surface area contributed by atoms with E-state index in [-0.39, 0.29) is 5.91 Å². The SMILES string of the molecule is CN1CCC(CN(C)C(=O)c2ccc(F)nc2)C1. The highest BCUT2D eigenvalue weighted by molar-refractivity contribution is 5.93. The first-order chi connectivity index (χ1) is 8.56. The number of nitrogens with zero attached hydrogens (tertiary/aromatic N) is 3. The number of carbonyl (C=O) groups excluding carboxylic acids is 1. The molecule has 98 valence electrons. The molecule has 1 fully saturated rings. The Bertz CT molecular complexity index is 421. The second-order valence-corrected chi connectivity index (χ2v) is 4.97. The van der Waals surface area contributed by atoms with Gasteiger partial charge in [0, 0.05) is 26.3 Å². The van der Waals surface area contributed by atoms with E-state index in [0.29, 0.717) is 11.5 Å². The van der Waals surface area contributed by atoms with Gasteiger partial charge in [0.1, 0.15) is 0 Å². The van der Waals surface area contributed by atoms with Gasteiger partial charge in [0.15, 0.2) is 0 Å². The van der Waals surface area contributed by atoms with Crippen LogP contribution < -0.4 is 0 Å². The lowest BCUT2D eigenvalue weighted by Gasteiger charge is -2.21. The van der Waals surface area contributed by atoms with E-state index in [0.717, 1.165) is 26.1 Å². The van der Waals surface area contributed by atoms with Crippen LogP contribution in [0.4, 0.5) is 4.39 Å². The molecule has 1 aromatic rings. The Kier molecular flexibility index (Phi) is 3.91. The smallest absolute Gasteiger partial charge is 0.255 e. The minimum atomic E-state index is -0.563. The molecule has 1 aliphatic heterocycles. The van der Waals surface area contributed by atoms with Crippen molar-refractivity contribution in [2.24, 2.45) is 5.92 Å². The lowest BCUT2D eigenvalue weighted by Crippen LogP contribution is -2.32. The summed E-state index contributed by atoms with van der Waals surface area (Å²) < 4.78 is 12.7. The molecule has 4 nitrogen and oxygen atoms in total. The van der Waals surface area contributed by atoms with Gasteiger partial charge in [-0.15, -0.1) is 0 Å². The van der Waals surface area contributed by atoms with Gasteiger partial charge in [0.2, 0.25) is 5.95 Å². The summed E-state index contributed by atoms with van der Waals surface area (Å²) in [4.78, 5) is 19.5. The van der Waals surface area contributed by atoms with Crippen molar-refractivity contribution >= 4 is 5.91 Å². The average molecular weight is 251 g/mol. The molecule has 1 aliphatic rings. The molecule has 1 unspecified atom stereocenters.